The van der Waals surface area contributed by atoms with E-state index in [1.54, 1.807) is 37.3 Å². The van der Waals surface area contributed by atoms with Crippen LogP contribution in [0.1, 0.15) is 41.4 Å². The number of carbonyl (C=O) groups is 1. The molecule has 9 heteroatoms. The van der Waals surface area contributed by atoms with Crippen LogP contribution in [0.2, 0.25) is 0 Å². The Morgan fingerprint density at radius 1 is 1.43 bits per heavy atom. The molecule has 28 heavy (non-hydrogen) atoms. The number of nitro benzene ring substituents is 1. The zero-order valence-electron chi connectivity index (χ0n) is 16.3. The second kappa shape index (κ2) is 8.66. The second-order valence-corrected chi connectivity index (χ2v) is 8.37. The molecule has 8 nitrogen and oxygen atoms in total. The summed E-state index contributed by atoms with van der Waals surface area (Å²) in [5.41, 5.74) is 0.587. The fourth-order valence-electron chi connectivity index (χ4n) is 3.39. The summed E-state index contributed by atoms with van der Waals surface area (Å²) in [6, 6.07) is 5.03. The lowest BCUT2D eigenvalue weighted by atomic mass is 10.0. The summed E-state index contributed by atoms with van der Waals surface area (Å²) in [5, 5.41) is 14.6. The molecule has 1 aromatic carbocycles. The number of thiazole rings is 1. The summed E-state index contributed by atoms with van der Waals surface area (Å²) in [7, 11) is 3.45. The summed E-state index contributed by atoms with van der Waals surface area (Å²) >= 11 is 1.44. The largest absolute Gasteiger partial charge is 0.372 e. The van der Waals surface area contributed by atoms with Crippen LogP contribution >= 0.6 is 11.3 Å². The van der Waals surface area contributed by atoms with E-state index in [0.29, 0.717) is 16.9 Å². The smallest absolute Gasteiger partial charge is 0.293 e. The van der Waals surface area contributed by atoms with Crippen molar-refractivity contribution in [1.29, 1.82) is 0 Å². The van der Waals surface area contributed by atoms with Crippen LogP contribution in [-0.4, -0.2) is 47.4 Å². The van der Waals surface area contributed by atoms with Gasteiger partial charge in [-0.2, -0.15) is 0 Å². The van der Waals surface area contributed by atoms with Crippen molar-refractivity contribution >= 4 is 33.8 Å². The number of hydrogen-bond donors (Lipinski definition) is 1. The molecule has 0 bridgehead atoms. The van der Waals surface area contributed by atoms with Crippen LogP contribution in [0.15, 0.2) is 24.4 Å². The Morgan fingerprint density at radius 3 is 2.89 bits per heavy atom. The van der Waals surface area contributed by atoms with E-state index in [9.17, 15) is 14.9 Å². The first kappa shape index (κ1) is 20.2. The third kappa shape index (κ3) is 4.66. The molecule has 0 saturated carbocycles. The van der Waals surface area contributed by atoms with Gasteiger partial charge >= 0.3 is 0 Å². The molecule has 1 unspecified atom stereocenters. The molecular formula is C19H25N5O3S. The van der Waals surface area contributed by atoms with Crippen molar-refractivity contribution in [2.75, 3.05) is 30.9 Å². The molecule has 0 radical (unpaired) electrons. The van der Waals surface area contributed by atoms with E-state index in [1.165, 1.54) is 36.7 Å². The van der Waals surface area contributed by atoms with E-state index in [4.69, 9.17) is 0 Å². The van der Waals surface area contributed by atoms with E-state index in [1.807, 2.05) is 0 Å². The van der Waals surface area contributed by atoms with Gasteiger partial charge in [0.2, 0.25) is 0 Å². The van der Waals surface area contributed by atoms with E-state index in [2.05, 4.69) is 22.1 Å². The van der Waals surface area contributed by atoms with Crippen molar-refractivity contribution in [3.8, 4) is 0 Å². The fraction of sp³-hybridized carbons (Fsp3) is 0.474. The quantitative estimate of drug-likeness (QED) is 0.583. The van der Waals surface area contributed by atoms with Crippen molar-refractivity contribution in [1.82, 2.24) is 9.88 Å². The molecule has 1 aliphatic rings. The third-order valence-corrected chi connectivity index (χ3v) is 5.89. The zero-order chi connectivity index (χ0) is 20.3. The van der Waals surface area contributed by atoms with Crippen LogP contribution in [0.5, 0.6) is 0 Å². The molecule has 1 saturated heterocycles. The van der Waals surface area contributed by atoms with Gasteiger partial charge in [-0.25, -0.2) is 4.98 Å². The van der Waals surface area contributed by atoms with Crippen LogP contribution < -0.4 is 10.2 Å². The normalized spacial score (nSPS) is 17.3. The van der Waals surface area contributed by atoms with Crippen molar-refractivity contribution < 1.29 is 9.72 Å². The topological polar surface area (TPSA) is 91.6 Å². The lowest BCUT2D eigenvalue weighted by molar-refractivity contribution is -0.384. The van der Waals surface area contributed by atoms with Crippen LogP contribution in [0.4, 0.5) is 16.5 Å². The molecule has 1 N–H and O–H groups in total. The molecular weight excluding hydrogens is 378 g/mol. The highest BCUT2D eigenvalue weighted by Crippen LogP contribution is 2.29. The Kier molecular flexibility index (Phi) is 6.25. The number of nitrogens with zero attached hydrogens (tertiary/aromatic N) is 4. The average molecular weight is 404 g/mol. The van der Waals surface area contributed by atoms with Gasteiger partial charge in [-0.15, -0.1) is 11.3 Å². The van der Waals surface area contributed by atoms with E-state index < -0.39 is 10.8 Å². The van der Waals surface area contributed by atoms with Gasteiger partial charge in [0.15, 0.2) is 5.13 Å². The summed E-state index contributed by atoms with van der Waals surface area (Å²) in [4.78, 5) is 32.8. The number of benzene rings is 1. The van der Waals surface area contributed by atoms with E-state index in [-0.39, 0.29) is 11.3 Å². The molecule has 2 heterocycles. The number of nitrogens with one attached hydrogen (secondary N) is 1. The molecule has 1 aliphatic heterocycles. The monoisotopic (exact) mass is 403 g/mol. The Hall–Kier alpha value is -2.52. The number of piperidine rings is 1. The van der Waals surface area contributed by atoms with Gasteiger partial charge in [-0.05, 0) is 38.4 Å². The Bertz CT molecular complexity index is 867. The number of likely N-dealkylation sites (tertiary alicyclic amines) is 1. The zero-order valence-corrected chi connectivity index (χ0v) is 17.2. The molecule has 3 rings (SSSR count). The van der Waals surface area contributed by atoms with Crippen LogP contribution in [0.3, 0.4) is 0 Å². The molecule has 0 spiro atoms. The number of amides is 1. The number of anilines is 2. The number of carbonyl (C=O) groups excluding carboxylic acids is 1. The standard InChI is InChI=1S/C19H25N5O3S/c1-13-6-4-5-9-23(13)12-15-11-20-19(28-15)21-18(25)14-7-8-16(22(2)3)17(10-14)24(26)27/h7-8,10-11,13H,4-6,9,12H2,1-3H3,(H,20,21,25). The van der Waals surface area contributed by atoms with Crippen molar-refractivity contribution in [2.24, 2.45) is 0 Å². The van der Waals surface area contributed by atoms with Gasteiger partial charge in [0.05, 0.1) is 4.92 Å². The summed E-state index contributed by atoms with van der Waals surface area (Å²) in [5.74, 6) is -0.402. The maximum absolute atomic E-state index is 12.5. The number of rotatable bonds is 6. The maximum atomic E-state index is 12.5. The van der Waals surface area contributed by atoms with Crippen molar-refractivity contribution in [2.45, 2.75) is 38.8 Å². The van der Waals surface area contributed by atoms with Crippen LogP contribution in [-0.2, 0) is 6.54 Å². The average Bonchev–Trinajstić information content (AvgIpc) is 3.09. The fourth-order valence-corrected chi connectivity index (χ4v) is 4.22. The highest BCUT2D eigenvalue weighted by molar-refractivity contribution is 7.15. The minimum absolute atomic E-state index is 0.100. The molecule has 1 amide bonds. The molecule has 0 aliphatic carbocycles. The third-order valence-electron chi connectivity index (χ3n) is 4.99. The first-order chi connectivity index (χ1) is 13.3. The lowest BCUT2D eigenvalue weighted by Gasteiger charge is -2.32. The highest BCUT2D eigenvalue weighted by Gasteiger charge is 2.21. The molecule has 1 atom stereocenters. The van der Waals surface area contributed by atoms with E-state index >= 15 is 0 Å². The minimum atomic E-state index is -0.479. The summed E-state index contributed by atoms with van der Waals surface area (Å²) in [6.45, 7) is 4.16. The summed E-state index contributed by atoms with van der Waals surface area (Å²) < 4.78 is 0. The van der Waals surface area contributed by atoms with Crippen LogP contribution in [0.25, 0.3) is 0 Å². The van der Waals surface area contributed by atoms with Crippen molar-refractivity contribution in [3.05, 3.63) is 45.0 Å². The Labute approximate surface area is 168 Å². The predicted octanol–water partition coefficient (Wildman–Crippen LogP) is 3.74. The van der Waals surface area contributed by atoms with Gasteiger partial charge in [0, 0.05) is 49.4 Å². The Balaban J connectivity index is 1.69. The minimum Gasteiger partial charge on any atom is -0.372 e. The Morgan fingerprint density at radius 2 is 2.21 bits per heavy atom. The molecule has 1 fully saturated rings. The highest BCUT2D eigenvalue weighted by atomic mass is 32.1. The SMILES string of the molecule is CC1CCCCN1Cc1cnc(NC(=O)c2ccc(N(C)C)c([N+](=O)[O-])c2)s1. The molecule has 2 aromatic rings. The number of nitro groups is 1. The predicted molar refractivity (Wildman–Crippen MR) is 111 cm³/mol. The maximum Gasteiger partial charge on any atom is 0.293 e. The number of hydrogen-bond acceptors (Lipinski definition) is 7. The van der Waals surface area contributed by atoms with Crippen LogP contribution in [0, 0.1) is 10.1 Å². The molecule has 1 aromatic heterocycles. The number of aromatic nitrogens is 1. The first-order valence-corrected chi connectivity index (χ1v) is 10.1. The lowest BCUT2D eigenvalue weighted by Crippen LogP contribution is -2.36. The molecule has 150 valence electrons. The second-order valence-electron chi connectivity index (χ2n) is 7.26. The van der Waals surface area contributed by atoms with Gasteiger partial charge in [-0.3, -0.25) is 25.1 Å². The first-order valence-electron chi connectivity index (χ1n) is 9.31. The van der Waals surface area contributed by atoms with Crippen molar-refractivity contribution in [3.63, 3.8) is 0 Å². The van der Waals surface area contributed by atoms with Gasteiger partial charge in [0.1, 0.15) is 5.69 Å². The summed E-state index contributed by atoms with van der Waals surface area (Å²) in [6.07, 6.45) is 5.50. The van der Waals surface area contributed by atoms with Gasteiger partial charge < -0.3 is 4.90 Å². The van der Waals surface area contributed by atoms with Gasteiger partial charge in [0.25, 0.3) is 11.6 Å². The van der Waals surface area contributed by atoms with E-state index in [0.717, 1.165) is 18.0 Å². The van der Waals surface area contributed by atoms with Gasteiger partial charge in [-0.1, -0.05) is 6.42 Å².